The van der Waals surface area contributed by atoms with Gasteiger partial charge in [-0.2, -0.15) is 0 Å². The van der Waals surface area contributed by atoms with Gasteiger partial charge in [-0.3, -0.25) is 4.79 Å². The van der Waals surface area contributed by atoms with Crippen LogP contribution in [0.25, 0.3) is 0 Å². The van der Waals surface area contributed by atoms with E-state index in [1.165, 1.54) is 6.42 Å². The van der Waals surface area contributed by atoms with Crippen LogP contribution in [-0.2, 0) is 4.79 Å². The largest absolute Gasteiger partial charge is 0.363 e. The first-order valence-electron chi connectivity index (χ1n) is 7.03. The molecule has 0 aromatic rings. The van der Waals surface area contributed by atoms with Crippen LogP contribution in [0.1, 0.15) is 39.0 Å². The second-order valence-electron chi connectivity index (χ2n) is 5.29. The van der Waals surface area contributed by atoms with E-state index in [1.807, 2.05) is 0 Å². The lowest BCUT2D eigenvalue weighted by Gasteiger charge is -2.42. The average Bonchev–Trinajstić information content (AvgIpc) is 2.38. The van der Waals surface area contributed by atoms with Gasteiger partial charge < -0.3 is 15.5 Å². The number of unbranched alkanes of at least 4 members (excludes halogenated alkanes) is 1. The van der Waals surface area contributed by atoms with Crippen LogP contribution in [0, 0.1) is 5.92 Å². The van der Waals surface area contributed by atoms with Crippen molar-refractivity contribution in [3.05, 3.63) is 0 Å². The van der Waals surface area contributed by atoms with Crippen LogP contribution in [0.4, 0.5) is 0 Å². The lowest BCUT2D eigenvalue weighted by Crippen LogP contribution is -2.56. The minimum atomic E-state index is 0.216. The third-order valence-electron chi connectivity index (χ3n) is 3.92. The Kier molecular flexibility index (Phi) is 4.80. The summed E-state index contributed by atoms with van der Waals surface area (Å²) >= 11 is 5.43. The van der Waals surface area contributed by atoms with Gasteiger partial charge in [0.1, 0.15) is 0 Å². The summed E-state index contributed by atoms with van der Waals surface area (Å²) in [6.45, 7) is 5.10. The Hall–Kier alpha value is -0.840. The standard InChI is InChI=1S/C13H23N3OS/c1-2-3-7-14-13(18)16-8-6-11-10(9-16)4-5-12(17)15-11/h10-11H,2-9H2,1H3,(H,14,18)(H,15,17). The molecule has 2 rings (SSSR count). The molecule has 0 aromatic heterocycles. The molecule has 2 aliphatic rings. The monoisotopic (exact) mass is 269 g/mol. The summed E-state index contributed by atoms with van der Waals surface area (Å²) in [4.78, 5) is 13.6. The molecule has 0 radical (unpaired) electrons. The molecule has 1 amide bonds. The van der Waals surface area contributed by atoms with E-state index in [0.717, 1.165) is 44.0 Å². The van der Waals surface area contributed by atoms with Gasteiger partial charge in [0.25, 0.3) is 0 Å². The van der Waals surface area contributed by atoms with E-state index in [1.54, 1.807) is 0 Å². The molecular weight excluding hydrogens is 246 g/mol. The second-order valence-corrected chi connectivity index (χ2v) is 5.68. The molecular formula is C13H23N3OS. The van der Waals surface area contributed by atoms with E-state index in [-0.39, 0.29) is 5.91 Å². The molecule has 2 atom stereocenters. The van der Waals surface area contributed by atoms with Crippen molar-refractivity contribution >= 4 is 23.2 Å². The predicted molar refractivity (Wildman–Crippen MR) is 76.4 cm³/mol. The Morgan fingerprint density at radius 2 is 2.39 bits per heavy atom. The first-order valence-corrected chi connectivity index (χ1v) is 7.43. The summed E-state index contributed by atoms with van der Waals surface area (Å²) in [6.07, 6.45) is 5.05. The zero-order chi connectivity index (χ0) is 13.0. The van der Waals surface area contributed by atoms with Crippen molar-refractivity contribution in [2.75, 3.05) is 19.6 Å². The Balaban J connectivity index is 1.79. The van der Waals surface area contributed by atoms with Crippen LogP contribution in [-0.4, -0.2) is 41.6 Å². The zero-order valence-corrected chi connectivity index (χ0v) is 11.9. The summed E-state index contributed by atoms with van der Waals surface area (Å²) in [6, 6.07) is 0.376. The van der Waals surface area contributed by atoms with Gasteiger partial charge in [0, 0.05) is 32.1 Å². The highest BCUT2D eigenvalue weighted by atomic mass is 32.1. The normalized spacial score (nSPS) is 27.4. The fraction of sp³-hybridized carbons (Fsp3) is 0.846. The number of hydrogen-bond acceptors (Lipinski definition) is 2. The third-order valence-corrected chi connectivity index (χ3v) is 4.32. The van der Waals surface area contributed by atoms with Crippen LogP contribution in [0.5, 0.6) is 0 Å². The summed E-state index contributed by atoms with van der Waals surface area (Å²) in [5.41, 5.74) is 0. The quantitative estimate of drug-likeness (QED) is 0.598. The van der Waals surface area contributed by atoms with E-state index in [4.69, 9.17) is 12.2 Å². The number of rotatable bonds is 3. The van der Waals surface area contributed by atoms with E-state index in [2.05, 4.69) is 22.5 Å². The number of thiocarbonyl (C=S) groups is 1. The number of hydrogen-bond donors (Lipinski definition) is 2. The van der Waals surface area contributed by atoms with Crippen LogP contribution >= 0.6 is 12.2 Å². The molecule has 0 aromatic carbocycles. The minimum absolute atomic E-state index is 0.216. The molecule has 5 heteroatoms. The molecule has 18 heavy (non-hydrogen) atoms. The molecule has 0 spiro atoms. The Morgan fingerprint density at radius 3 is 3.17 bits per heavy atom. The predicted octanol–water partition coefficient (Wildman–Crippen LogP) is 1.26. The molecule has 2 heterocycles. The van der Waals surface area contributed by atoms with Crippen molar-refractivity contribution in [2.24, 2.45) is 5.92 Å². The van der Waals surface area contributed by atoms with Crippen molar-refractivity contribution in [1.82, 2.24) is 15.5 Å². The van der Waals surface area contributed by atoms with Crippen LogP contribution in [0.2, 0.25) is 0 Å². The van der Waals surface area contributed by atoms with Crippen molar-refractivity contribution in [1.29, 1.82) is 0 Å². The topological polar surface area (TPSA) is 44.4 Å². The number of carbonyl (C=O) groups is 1. The number of nitrogens with zero attached hydrogens (tertiary/aromatic N) is 1. The smallest absolute Gasteiger partial charge is 0.220 e. The maximum absolute atomic E-state index is 11.3. The van der Waals surface area contributed by atoms with Gasteiger partial charge in [-0.25, -0.2) is 0 Å². The van der Waals surface area contributed by atoms with Crippen molar-refractivity contribution < 1.29 is 4.79 Å². The van der Waals surface area contributed by atoms with Crippen molar-refractivity contribution in [2.45, 2.75) is 45.1 Å². The second kappa shape index (κ2) is 6.36. The molecule has 2 fully saturated rings. The highest BCUT2D eigenvalue weighted by Crippen LogP contribution is 2.25. The fourth-order valence-corrected chi connectivity index (χ4v) is 3.05. The number of likely N-dealkylation sites (tertiary alicyclic amines) is 1. The van der Waals surface area contributed by atoms with Gasteiger partial charge >= 0.3 is 0 Å². The molecule has 0 bridgehead atoms. The fourth-order valence-electron chi connectivity index (χ4n) is 2.78. The maximum atomic E-state index is 11.3. The molecule has 0 aliphatic carbocycles. The van der Waals surface area contributed by atoms with Crippen molar-refractivity contribution in [3.8, 4) is 0 Å². The lowest BCUT2D eigenvalue weighted by molar-refractivity contribution is -0.125. The molecule has 2 saturated heterocycles. The van der Waals surface area contributed by atoms with E-state index < -0.39 is 0 Å². The minimum Gasteiger partial charge on any atom is -0.363 e. The van der Waals surface area contributed by atoms with Gasteiger partial charge in [0.2, 0.25) is 5.91 Å². The van der Waals surface area contributed by atoms with Crippen LogP contribution < -0.4 is 10.6 Å². The van der Waals surface area contributed by atoms with Gasteiger partial charge in [-0.1, -0.05) is 13.3 Å². The van der Waals surface area contributed by atoms with E-state index in [0.29, 0.717) is 18.4 Å². The first-order chi connectivity index (χ1) is 8.70. The Morgan fingerprint density at radius 1 is 1.56 bits per heavy atom. The van der Waals surface area contributed by atoms with Crippen LogP contribution in [0.3, 0.4) is 0 Å². The Bertz CT molecular complexity index is 321. The van der Waals surface area contributed by atoms with Crippen molar-refractivity contribution in [3.63, 3.8) is 0 Å². The Labute approximate surface area is 114 Å². The maximum Gasteiger partial charge on any atom is 0.220 e. The molecule has 2 aliphatic heterocycles. The molecule has 2 N–H and O–H groups in total. The van der Waals surface area contributed by atoms with Gasteiger partial charge in [-0.15, -0.1) is 0 Å². The molecule has 2 unspecified atom stereocenters. The molecule has 4 nitrogen and oxygen atoms in total. The summed E-state index contributed by atoms with van der Waals surface area (Å²) in [7, 11) is 0. The lowest BCUT2D eigenvalue weighted by atomic mass is 9.85. The summed E-state index contributed by atoms with van der Waals surface area (Å²) in [5, 5.41) is 7.32. The summed E-state index contributed by atoms with van der Waals surface area (Å²) < 4.78 is 0. The number of piperidine rings is 2. The number of fused-ring (bicyclic) bond motifs is 1. The third kappa shape index (κ3) is 3.34. The van der Waals surface area contributed by atoms with E-state index >= 15 is 0 Å². The number of carbonyl (C=O) groups excluding carboxylic acids is 1. The van der Waals surface area contributed by atoms with Gasteiger partial charge in [0.15, 0.2) is 5.11 Å². The average molecular weight is 269 g/mol. The molecule has 102 valence electrons. The summed E-state index contributed by atoms with van der Waals surface area (Å²) in [5.74, 6) is 0.788. The highest BCUT2D eigenvalue weighted by Gasteiger charge is 2.34. The number of nitrogens with one attached hydrogen (secondary N) is 2. The SMILES string of the molecule is CCCCNC(=S)N1CCC2NC(=O)CCC2C1. The van der Waals surface area contributed by atoms with Gasteiger partial charge in [0.05, 0.1) is 0 Å². The zero-order valence-electron chi connectivity index (χ0n) is 11.1. The first kappa shape index (κ1) is 13.6. The van der Waals surface area contributed by atoms with Gasteiger partial charge in [-0.05, 0) is 37.4 Å². The highest BCUT2D eigenvalue weighted by molar-refractivity contribution is 7.80. The van der Waals surface area contributed by atoms with Crippen LogP contribution in [0.15, 0.2) is 0 Å². The number of amides is 1. The molecule has 0 saturated carbocycles. The van der Waals surface area contributed by atoms with E-state index in [9.17, 15) is 4.79 Å².